The Morgan fingerprint density at radius 3 is 2.12 bits per heavy atom. The van der Waals surface area contributed by atoms with Gasteiger partial charge in [0.05, 0.1) is 0 Å². The molecule has 0 aromatic carbocycles. The summed E-state index contributed by atoms with van der Waals surface area (Å²) in [5.74, 6) is 0.817. The minimum atomic E-state index is -3.46. The highest BCUT2D eigenvalue weighted by molar-refractivity contribution is 7.89. The first-order chi connectivity index (χ1) is 12.6. The van der Waals surface area contributed by atoms with Crippen LogP contribution in [-0.4, -0.2) is 62.0 Å². The Morgan fingerprint density at radius 1 is 0.962 bits per heavy atom. The van der Waals surface area contributed by atoms with Gasteiger partial charge in [-0.2, -0.15) is 4.31 Å². The largest absolute Gasteiger partial charge is 0.368 e. The van der Waals surface area contributed by atoms with Crippen LogP contribution >= 0.6 is 0 Å². The predicted molar refractivity (Wildman–Crippen MR) is 103 cm³/mol. The summed E-state index contributed by atoms with van der Waals surface area (Å²) in [4.78, 5) is 13.2. The van der Waals surface area contributed by atoms with Gasteiger partial charge in [0, 0.05) is 63.5 Å². The van der Waals surface area contributed by atoms with Crippen molar-refractivity contribution >= 4 is 21.5 Å². The number of pyridine rings is 2. The molecule has 0 saturated carbocycles. The maximum Gasteiger partial charge on any atom is 0.244 e. The smallest absolute Gasteiger partial charge is 0.244 e. The molecule has 1 saturated heterocycles. The maximum atomic E-state index is 12.5. The van der Waals surface area contributed by atoms with Crippen LogP contribution in [0, 0.1) is 0 Å². The molecule has 1 fully saturated rings. The van der Waals surface area contributed by atoms with Crippen molar-refractivity contribution in [1.29, 1.82) is 0 Å². The lowest BCUT2D eigenvalue weighted by Gasteiger charge is -2.36. The molecule has 1 aliphatic rings. The highest BCUT2D eigenvalue weighted by Gasteiger charge is 2.23. The quantitative estimate of drug-likeness (QED) is 0.767. The summed E-state index contributed by atoms with van der Waals surface area (Å²) < 4.78 is 26.5. The molecule has 3 heterocycles. The van der Waals surface area contributed by atoms with E-state index in [-0.39, 0.29) is 4.90 Å². The fraction of sp³-hybridized carbons (Fsp3) is 0.444. The van der Waals surface area contributed by atoms with Crippen molar-refractivity contribution in [2.24, 2.45) is 0 Å². The zero-order chi connectivity index (χ0) is 18.6. The Labute approximate surface area is 155 Å². The summed E-state index contributed by atoms with van der Waals surface area (Å²) in [6, 6.07) is 7.49. The molecule has 8 heteroatoms. The molecule has 7 nitrogen and oxygen atoms in total. The molecule has 0 aliphatic carbocycles. The van der Waals surface area contributed by atoms with Gasteiger partial charge in [-0.05, 0) is 24.3 Å². The zero-order valence-corrected chi connectivity index (χ0v) is 16.1. The Morgan fingerprint density at radius 2 is 1.58 bits per heavy atom. The van der Waals surface area contributed by atoms with Crippen molar-refractivity contribution in [2.75, 3.05) is 49.1 Å². The summed E-state index contributed by atoms with van der Waals surface area (Å²) in [6.45, 7) is 8.07. The summed E-state index contributed by atoms with van der Waals surface area (Å²) in [6.07, 6.45) is 5.08. The Balaban J connectivity index is 1.67. The lowest BCUT2D eigenvalue weighted by molar-refractivity contribution is 0.445. The molecule has 26 heavy (non-hydrogen) atoms. The SMILES string of the molecule is CCN(CC)S(=O)(=O)c1ccc(N2CCN(c3ccncc3)CC2)nc1. The van der Waals surface area contributed by atoms with Crippen molar-refractivity contribution in [2.45, 2.75) is 18.7 Å². The fourth-order valence-electron chi connectivity index (χ4n) is 3.17. The second-order valence-electron chi connectivity index (χ2n) is 6.12. The molecule has 0 spiro atoms. The topological polar surface area (TPSA) is 69.6 Å². The number of hydrogen-bond acceptors (Lipinski definition) is 6. The molecule has 0 atom stereocenters. The van der Waals surface area contributed by atoms with E-state index in [4.69, 9.17) is 0 Å². The van der Waals surface area contributed by atoms with Gasteiger partial charge in [0.25, 0.3) is 0 Å². The third-order valence-corrected chi connectivity index (χ3v) is 6.73. The average molecular weight is 375 g/mol. The fourth-order valence-corrected chi connectivity index (χ4v) is 4.58. The predicted octanol–water partition coefficient (Wildman–Crippen LogP) is 1.83. The van der Waals surface area contributed by atoms with Crippen LogP contribution < -0.4 is 9.80 Å². The van der Waals surface area contributed by atoms with E-state index in [1.807, 2.05) is 26.0 Å². The van der Waals surface area contributed by atoms with E-state index in [0.29, 0.717) is 13.1 Å². The van der Waals surface area contributed by atoms with Crippen LogP contribution in [0.1, 0.15) is 13.8 Å². The molecule has 2 aromatic rings. The first-order valence-electron chi connectivity index (χ1n) is 8.92. The summed E-state index contributed by atoms with van der Waals surface area (Å²) >= 11 is 0. The van der Waals surface area contributed by atoms with E-state index in [0.717, 1.165) is 32.0 Å². The van der Waals surface area contributed by atoms with E-state index in [9.17, 15) is 8.42 Å². The van der Waals surface area contributed by atoms with E-state index in [1.54, 1.807) is 24.5 Å². The number of hydrogen-bond donors (Lipinski definition) is 0. The number of piperazine rings is 1. The Kier molecular flexibility index (Phi) is 5.73. The first kappa shape index (κ1) is 18.6. The van der Waals surface area contributed by atoms with Crippen LogP contribution in [-0.2, 0) is 10.0 Å². The second-order valence-corrected chi connectivity index (χ2v) is 8.06. The van der Waals surface area contributed by atoms with E-state index >= 15 is 0 Å². The first-order valence-corrected chi connectivity index (χ1v) is 10.4. The van der Waals surface area contributed by atoms with Gasteiger partial charge in [-0.1, -0.05) is 13.8 Å². The van der Waals surface area contributed by atoms with Crippen molar-refractivity contribution in [3.8, 4) is 0 Å². The molecule has 0 N–H and O–H groups in total. The molecular weight excluding hydrogens is 350 g/mol. The normalized spacial score (nSPS) is 15.5. The van der Waals surface area contributed by atoms with Gasteiger partial charge in [-0.3, -0.25) is 4.98 Å². The van der Waals surface area contributed by atoms with E-state index in [1.165, 1.54) is 16.2 Å². The maximum absolute atomic E-state index is 12.5. The lowest BCUT2D eigenvalue weighted by Crippen LogP contribution is -2.46. The molecule has 0 amide bonds. The summed E-state index contributed by atoms with van der Waals surface area (Å²) in [5.41, 5.74) is 1.17. The zero-order valence-electron chi connectivity index (χ0n) is 15.2. The van der Waals surface area contributed by atoms with Crippen molar-refractivity contribution in [3.05, 3.63) is 42.9 Å². The van der Waals surface area contributed by atoms with Crippen LogP contribution in [0.4, 0.5) is 11.5 Å². The monoisotopic (exact) mass is 375 g/mol. The molecule has 0 radical (unpaired) electrons. The molecular formula is C18H25N5O2S. The van der Waals surface area contributed by atoms with Crippen LogP contribution in [0.5, 0.6) is 0 Å². The van der Waals surface area contributed by atoms with Crippen molar-refractivity contribution in [1.82, 2.24) is 14.3 Å². The molecule has 140 valence electrons. The van der Waals surface area contributed by atoms with Crippen molar-refractivity contribution in [3.63, 3.8) is 0 Å². The van der Waals surface area contributed by atoms with E-state index < -0.39 is 10.0 Å². The van der Waals surface area contributed by atoms with Crippen LogP contribution in [0.3, 0.4) is 0 Å². The molecule has 0 bridgehead atoms. The van der Waals surface area contributed by atoms with Gasteiger partial charge in [0.2, 0.25) is 10.0 Å². The number of sulfonamides is 1. The van der Waals surface area contributed by atoms with E-state index in [2.05, 4.69) is 19.8 Å². The summed E-state index contributed by atoms with van der Waals surface area (Å²) in [5, 5.41) is 0. The number of rotatable bonds is 6. The van der Waals surface area contributed by atoms with Gasteiger partial charge in [-0.15, -0.1) is 0 Å². The van der Waals surface area contributed by atoms with Crippen LogP contribution in [0.15, 0.2) is 47.8 Å². The van der Waals surface area contributed by atoms with Gasteiger partial charge in [0.1, 0.15) is 10.7 Å². The summed E-state index contributed by atoms with van der Waals surface area (Å²) in [7, 11) is -3.46. The third kappa shape index (κ3) is 3.81. The number of anilines is 2. The van der Waals surface area contributed by atoms with Gasteiger partial charge in [-0.25, -0.2) is 13.4 Å². The molecule has 3 rings (SSSR count). The third-order valence-electron chi connectivity index (χ3n) is 4.70. The van der Waals surface area contributed by atoms with Crippen LogP contribution in [0.25, 0.3) is 0 Å². The highest BCUT2D eigenvalue weighted by Crippen LogP contribution is 2.21. The average Bonchev–Trinajstić information content (AvgIpc) is 2.70. The minimum Gasteiger partial charge on any atom is -0.368 e. The van der Waals surface area contributed by atoms with Gasteiger partial charge in [0.15, 0.2) is 0 Å². The van der Waals surface area contributed by atoms with Gasteiger partial charge < -0.3 is 9.80 Å². The number of nitrogens with zero attached hydrogens (tertiary/aromatic N) is 5. The Hall–Kier alpha value is -2.19. The van der Waals surface area contributed by atoms with Crippen LogP contribution in [0.2, 0.25) is 0 Å². The lowest BCUT2D eigenvalue weighted by atomic mass is 10.2. The molecule has 1 aliphatic heterocycles. The standard InChI is InChI=1S/C18H25N5O2S/c1-3-23(4-2)26(24,25)17-5-6-18(20-15-17)22-13-11-21(12-14-22)16-7-9-19-10-8-16/h5-10,15H,3-4,11-14H2,1-2H3. The Bertz CT molecular complexity index is 799. The second kappa shape index (κ2) is 8.01. The molecule has 2 aromatic heterocycles. The van der Waals surface area contributed by atoms with Gasteiger partial charge >= 0.3 is 0 Å². The highest BCUT2D eigenvalue weighted by atomic mass is 32.2. The van der Waals surface area contributed by atoms with Crippen molar-refractivity contribution < 1.29 is 8.42 Å². The number of aromatic nitrogens is 2. The molecule has 0 unspecified atom stereocenters. The minimum absolute atomic E-state index is 0.250.